The minimum absolute atomic E-state index is 0.327. The summed E-state index contributed by atoms with van der Waals surface area (Å²) >= 11 is 13.8. The number of nitrogens with zero attached hydrogens (tertiary/aromatic N) is 4. The molecule has 0 spiro atoms. The van der Waals surface area contributed by atoms with Crippen LogP contribution in [-0.4, -0.2) is 58.2 Å². The van der Waals surface area contributed by atoms with Crippen molar-refractivity contribution >= 4 is 61.5 Å². The number of nitrogens with one attached hydrogen (secondary N) is 1. The van der Waals surface area contributed by atoms with E-state index in [1.165, 1.54) is 36.4 Å². The molecule has 208 valence electrons. The van der Waals surface area contributed by atoms with Crippen LogP contribution in [0.15, 0.2) is 24.4 Å². The lowest BCUT2D eigenvalue weighted by Crippen LogP contribution is -2.58. The van der Waals surface area contributed by atoms with Crippen LogP contribution in [0.2, 0.25) is 10.0 Å². The zero-order chi connectivity index (χ0) is 27.5. The second-order valence-corrected chi connectivity index (χ2v) is 13.5. The zero-order valence-electron chi connectivity index (χ0n) is 22.0. The van der Waals surface area contributed by atoms with Crippen LogP contribution in [0.5, 0.6) is 0 Å². The van der Waals surface area contributed by atoms with E-state index in [1.54, 1.807) is 12.1 Å². The van der Waals surface area contributed by atoms with Gasteiger partial charge in [-0.15, -0.1) is 0 Å². The Morgan fingerprint density at radius 2 is 2.03 bits per heavy atom. The normalized spacial score (nSPS) is 26.7. The summed E-state index contributed by atoms with van der Waals surface area (Å²) in [6.07, 6.45) is 5.43. The number of piperidine rings is 1. The first-order valence-electron chi connectivity index (χ1n) is 13.5. The van der Waals surface area contributed by atoms with Crippen molar-refractivity contribution in [1.29, 1.82) is 0 Å². The van der Waals surface area contributed by atoms with Crippen LogP contribution in [0, 0.1) is 23.1 Å². The van der Waals surface area contributed by atoms with E-state index in [-0.39, 0.29) is 11.9 Å². The largest absolute Gasteiger partial charge is 0.481 e. The molecule has 2 saturated heterocycles. The average molecular weight is 593 g/mol. The fourth-order valence-electron chi connectivity index (χ4n) is 6.39. The van der Waals surface area contributed by atoms with Gasteiger partial charge in [-0.05, 0) is 76.1 Å². The van der Waals surface area contributed by atoms with Crippen LogP contribution in [0.1, 0.15) is 51.3 Å². The van der Waals surface area contributed by atoms with Crippen LogP contribution in [0.25, 0.3) is 10.2 Å². The number of pyridine rings is 1. The fraction of sp³-hybridized carbons (Fsp3) is 0.536. The molecule has 0 amide bonds. The van der Waals surface area contributed by atoms with Crippen molar-refractivity contribution in [3.8, 4) is 0 Å². The highest BCUT2D eigenvalue weighted by Gasteiger charge is 2.49. The minimum atomic E-state index is -0.670. The molecule has 3 aromatic rings. The number of rotatable bonds is 7. The Morgan fingerprint density at radius 3 is 2.74 bits per heavy atom. The third kappa shape index (κ3) is 5.07. The first kappa shape index (κ1) is 27.0. The molecule has 11 heteroatoms. The standard InChI is InChI=1S/C28H32Cl2FN5O2S/c1-15(23-20(30)8-18(29)11-32-23)33-24-21(31)5-6-22-25(24)39-27(34-22)36-13-17(14-36)16-4-3-7-35(12-16)19-9-28(2,10-19)26(37)38/h5-6,8,11,15-17,19,33H,3-4,7,9-10,12-14H2,1-2H3,(H,37,38)/t15-,16+,19?,28?/m1/s1. The SMILES string of the molecule is C[C@@H](Nc1c(F)ccc2nc(N3CC([C@H]4CCCN(C5CC(C)(C(=O)O)C5)C4)C3)sc12)c1ncc(Cl)cc1Cl. The van der Waals surface area contributed by atoms with Gasteiger partial charge in [0.1, 0.15) is 5.82 Å². The van der Waals surface area contributed by atoms with Crippen molar-refractivity contribution < 1.29 is 14.3 Å². The maximum absolute atomic E-state index is 15.0. The number of carboxylic acid groups (broad SMARTS) is 1. The predicted octanol–water partition coefficient (Wildman–Crippen LogP) is 6.71. The van der Waals surface area contributed by atoms with Crippen LogP contribution >= 0.6 is 34.5 Å². The number of benzene rings is 1. The van der Waals surface area contributed by atoms with Crippen molar-refractivity contribution in [3.05, 3.63) is 46.0 Å². The number of hydrogen-bond donors (Lipinski definition) is 2. The molecule has 39 heavy (non-hydrogen) atoms. The molecule has 1 aliphatic carbocycles. The van der Waals surface area contributed by atoms with Crippen LogP contribution in [0.4, 0.5) is 15.2 Å². The molecule has 3 aliphatic rings. The molecule has 2 N–H and O–H groups in total. The fourth-order valence-corrected chi connectivity index (χ4v) is 8.02. The minimum Gasteiger partial charge on any atom is -0.481 e. The van der Waals surface area contributed by atoms with Crippen molar-refractivity contribution in [2.24, 2.45) is 17.3 Å². The van der Waals surface area contributed by atoms with E-state index in [0.717, 1.165) is 54.4 Å². The van der Waals surface area contributed by atoms with E-state index in [0.29, 0.717) is 39.3 Å². The third-order valence-corrected chi connectivity index (χ3v) is 10.5. The Bertz CT molecular complexity index is 1410. The molecule has 0 radical (unpaired) electrons. The molecule has 3 fully saturated rings. The Kier molecular flexibility index (Phi) is 7.15. The molecule has 4 heterocycles. The molecular formula is C28H32Cl2FN5O2S. The number of carbonyl (C=O) groups is 1. The van der Waals surface area contributed by atoms with Crippen molar-refractivity contribution in [2.45, 2.75) is 51.6 Å². The first-order valence-corrected chi connectivity index (χ1v) is 15.1. The smallest absolute Gasteiger partial charge is 0.309 e. The Labute approximate surface area is 241 Å². The zero-order valence-corrected chi connectivity index (χ0v) is 24.3. The molecule has 0 bridgehead atoms. The van der Waals surface area contributed by atoms with Crippen molar-refractivity contribution in [1.82, 2.24) is 14.9 Å². The summed E-state index contributed by atoms with van der Waals surface area (Å²) in [4.78, 5) is 25.5. The summed E-state index contributed by atoms with van der Waals surface area (Å²) in [5, 5.41) is 14.5. The molecule has 2 aliphatic heterocycles. The average Bonchev–Trinajstić information content (AvgIpc) is 3.27. The predicted molar refractivity (Wildman–Crippen MR) is 155 cm³/mol. The van der Waals surface area contributed by atoms with Gasteiger partial charge in [0.15, 0.2) is 5.13 Å². The number of thiazole rings is 1. The monoisotopic (exact) mass is 591 g/mol. The molecule has 2 atom stereocenters. The maximum atomic E-state index is 15.0. The summed E-state index contributed by atoms with van der Waals surface area (Å²) < 4.78 is 15.8. The number of aliphatic carboxylic acids is 1. The molecular weight excluding hydrogens is 560 g/mol. The summed E-state index contributed by atoms with van der Waals surface area (Å²) in [6, 6.07) is 4.88. The lowest BCUT2D eigenvalue weighted by atomic mass is 9.65. The number of carboxylic acids is 1. The Morgan fingerprint density at radius 1 is 1.26 bits per heavy atom. The molecule has 2 aromatic heterocycles. The summed E-state index contributed by atoms with van der Waals surface area (Å²) in [6.45, 7) is 7.77. The highest BCUT2D eigenvalue weighted by atomic mass is 35.5. The van der Waals surface area contributed by atoms with E-state index in [1.807, 2.05) is 13.8 Å². The van der Waals surface area contributed by atoms with Gasteiger partial charge in [-0.1, -0.05) is 34.5 Å². The highest BCUT2D eigenvalue weighted by Crippen LogP contribution is 2.46. The third-order valence-electron chi connectivity index (χ3n) is 8.84. The van der Waals surface area contributed by atoms with Crippen LogP contribution in [0.3, 0.4) is 0 Å². The van der Waals surface area contributed by atoms with E-state index < -0.39 is 11.4 Å². The molecule has 1 saturated carbocycles. The van der Waals surface area contributed by atoms with Gasteiger partial charge in [-0.3, -0.25) is 9.78 Å². The summed E-state index contributed by atoms with van der Waals surface area (Å²) in [5.41, 5.74) is 1.22. The lowest BCUT2D eigenvalue weighted by molar-refractivity contribution is -0.158. The van der Waals surface area contributed by atoms with E-state index in [9.17, 15) is 14.3 Å². The van der Waals surface area contributed by atoms with Crippen molar-refractivity contribution in [2.75, 3.05) is 36.4 Å². The lowest BCUT2D eigenvalue weighted by Gasteiger charge is -2.52. The van der Waals surface area contributed by atoms with Crippen LogP contribution in [-0.2, 0) is 4.79 Å². The highest BCUT2D eigenvalue weighted by molar-refractivity contribution is 7.22. The first-order chi connectivity index (χ1) is 18.6. The number of hydrogen-bond acceptors (Lipinski definition) is 7. The molecule has 7 nitrogen and oxygen atoms in total. The number of halogens is 3. The topological polar surface area (TPSA) is 81.6 Å². The Balaban J connectivity index is 1.11. The molecule has 6 rings (SSSR count). The number of anilines is 2. The molecule has 1 aromatic carbocycles. The van der Waals surface area contributed by atoms with E-state index >= 15 is 0 Å². The quantitative estimate of drug-likeness (QED) is 0.316. The number of aromatic nitrogens is 2. The van der Waals surface area contributed by atoms with Crippen molar-refractivity contribution in [3.63, 3.8) is 0 Å². The summed E-state index contributed by atoms with van der Waals surface area (Å²) in [5.74, 6) is 0.204. The van der Waals surface area contributed by atoms with Gasteiger partial charge < -0.3 is 20.2 Å². The molecule has 0 unspecified atom stereocenters. The van der Waals surface area contributed by atoms with Gasteiger partial charge in [0.05, 0.1) is 43.1 Å². The van der Waals surface area contributed by atoms with E-state index in [2.05, 4.69) is 20.1 Å². The number of fused-ring (bicyclic) bond motifs is 1. The van der Waals surface area contributed by atoms with Gasteiger partial charge >= 0.3 is 5.97 Å². The van der Waals surface area contributed by atoms with E-state index in [4.69, 9.17) is 28.2 Å². The van der Waals surface area contributed by atoms with Gasteiger partial charge in [0, 0.05) is 31.9 Å². The van der Waals surface area contributed by atoms with Gasteiger partial charge in [-0.25, -0.2) is 9.37 Å². The Hall–Kier alpha value is -2.20. The maximum Gasteiger partial charge on any atom is 0.309 e. The van der Waals surface area contributed by atoms with Crippen LogP contribution < -0.4 is 10.2 Å². The second-order valence-electron chi connectivity index (χ2n) is 11.6. The number of likely N-dealkylation sites (tertiary alicyclic amines) is 1. The second kappa shape index (κ2) is 10.3. The summed E-state index contributed by atoms with van der Waals surface area (Å²) in [7, 11) is 0. The van der Waals surface area contributed by atoms with Gasteiger partial charge in [-0.2, -0.15) is 0 Å². The van der Waals surface area contributed by atoms with Gasteiger partial charge in [0.25, 0.3) is 0 Å². The van der Waals surface area contributed by atoms with Gasteiger partial charge in [0.2, 0.25) is 0 Å².